The fourth-order valence-electron chi connectivity index (χ4n) is 1.93. The molecule has 0 heterocycles. The quantitative estimate of drug-likeness (QED) is 0.744. The number of carbonyl (C=O) groups is 2. The average Bonchev–Trinajstić information content (AvgIpc) is 2.60. The minimum atomic E-state index is -0.560. The third kappa shape index (κ3) is 6.29. The Morgan fingerprint density at radius 1 is 1.08 bits per heavy atom. The Morgan fingerprint density at radius 3 is 2.56 bits per heavy atom. The molecule has 0 saturated heterocycles. The van der Waals surface area contributed by atoms with Crippen molar-refractivity contribution in [2.45, 2.75) is 13.5 Å². The number of halogens is 2. The van der Waals surface area contributed by atoms with Crippen molar-refractivity contribution in [3.63, 3.8) is 0 Å². The minimum absolute atomic E-state index is 0.0469. The molecule has 0 aliphatic carbocycles. The molecule has 1 amide bonds. The van der Waals surface area contributed by atoms with Gasteiger partial charge in [0.2, 0.25) is 0 Å². The maximum atomic E-state index is 11.7. The van der Waals surface area contributed by atoms with Crippen LogP contribution in [0.5, 0.6) is 5.75 Å². The Bertz CT molecular complexity index is 764. The van der Waals surface area contributed by atoms with E-state index in [4.69, 9.17) is 32.7 Å². The van der Waals surface area contributed by atoms with E-state index in [9.17, 15) is 9.59 Å². The summed E-state index contributed by atoms with van der Waals surface area (Å²) in [5, 5.41) is 3.26. The molecule has 1 N–H and O–H groups in total. The van der Waals surface area contributed by atoms with Crippen LogP contribution in [0.2, 0.25) is 10.0 Å². The van der Waals surface area contributed by atoms with Crippen LogP contribution in [0, 0.1) is 6.92 Å². The molecule has 2 aromatic rings. The molecule has 0 aliphatic heterocycles. The van der Waals surface area contributed by atoms with E-state index in [2.05, 4.69) is 5.32 Å². The van der Waals surface area contributed by atoms with Gasteiger partial charge in [0.25, 0.3) is 5.91 Å². The average molecular weight is 382 g/mol. The van der Waals surface area contributed by atoms with Gasteiger partial charge in [-0.2, -0.15) is 0 Å². The van der Waals surface area contributed by atoms with Crippen molar-refractivity contribution in [3.8, 4) is 5.75 Å². The molecular formula is C18H17Cl2NO4. The summed E-state index contributed by atoms with van der Waals surface area (Å²) in [5.41, 5.74) is 1.63. The number of amides is 1. The second kappa shape index (κ2) is 9.30. The van der Waals surface area contributed by atoms with Gasteiger partial charge in [0.15, 0.2) is 6.61 Å². The molecule has 0 unspecified atom stereocenters. The molecule has 132 valence electrons. The highest BCUT2D eigenvalue weighted by molar-refractivity contribution is 6.42. The lowest BCUT2D eigenvalue weighted by Gasteiger charge is -2.09. The summed E-state index contributed by atoms with van der Waals surface area (Å²) in [6.45, 7) is 1.52. The van der Waals surface area contributed by atoms with Crippen LogP contribution in [-0.4, -0.2) is 25.0 Å². The number of ether oxygens (including phenoxy) is 2. The SMILES string of the molecule is Cc1ccccc1OCC(=O)NCC(=O)OCc1ccc(Cl)c(Cl)c1. The van der Waals surface area contributed by atoms with Gasteiger partial charge in [-0.1, -0.05) is 47.5 Å². The third-order valence-corrected chi connectivity index (χ3v) is 4.01. The number of carbonyl (C=O) groups excluding carboxylic acids is 2. The molecule has 0 bridgehead atoms. The molecule has 0 fully saturated rings. The van der Waals surface area contributed by atoms with E-state index in [0.717, 1.165) is 5.56 Å². The molecule has 7 heteroatoms. The second-order valence-electron chi connectivity index (χ2n) is 5.24. The molecule has 0 radical (unpaired) electrons. The number of aryl methyl sites for hydroxylation is 1. The van der Waals surface area contributed by atoms with Gasteiger partial charge in [-0.25, -0.2) is 0 Å². The molecule has 2 rings (SSSR count). The van der Waals surface area contributed by atoms with Crippen molar-refractivity contribution in [2.75, 3.05) is 13.2 Å². The van der Waals surface area contributed by atoms with Crippen LogP contribution < -0.4 is 10.1 Å². The smallest absolute Gasteiger partial charge is 0.325 e. The third-order valence-electron chi connectivity index (χ3n) is 3.27. The van der Waals surface area contributed by atoms with E-state index in [1.165, 1.54) is 0 Å². The van der Waals surface area contributed by atoms with Crippen LogP contribution in [0.4, 0.5) is 0 Å². The van der Waals surface area contributed by atoms with E-state index in [1.807, 2.05) is 25.1 Å². The predicted octanol–water partition coefficient (Wildman–Crippen LogP) is 3.54. The molecule has 0 atom stereocenters. The zero-order valence-corrected chi connectivity index (χ0v) is 15.1. The van der Waals surface area contributed by atoms with E-state index in [-0.39, 0.29) is 19.8 Å². The molecule has 0 aromatic heterocycles. The number of hydrogen-bond donors (Lipinski definition) is 1. The van der Waals surface area contributed by atoms with Crippen LogP contribution in [-0.2, 0) is 20.9 Å². The van der Waals surface area contributed by atoms with Crippen LogP contribution in [0.1, 0.15) is 11.1 Å². The van der Waals surface area contributed by atoms with E-state index >= 15 is 0 Å². The van der Waals surface area contributed by atoms with Crippen LogP contribution >= 0.6 is 23.2 Å². The highest BCUT2D eigenvalue weighted by atomic mass is 35.5. The number of benzene rings is 2. The lowest BCUT2D eigenvalue weighted by molar-refractivity contribution is -0.145. The fourth-order valence-corrected chi connectivity index (χ4v) is 2.25. The van der Waals surface area contributed by atoms with Gasteiger partial charge < -0.3 is 14.8 Å². The number of nitrogens with one attached hydrogen (secondary N) is 1. The number of esters is 1. The Hall–Kier alpha value is -2.24. The first-order chi connectivity index (χ1) is 12.0. The Kier molecular flexibility index (Phi) is 7.10. The maximum absolute atomic E-state index is 11.7. The van der Waals surface area contributed by atoms with E-state index in [1.54, 1.807) is 24.3 Å². The molecule has 5 nitrogen and oxygen atoms in total. The highest BCUT2D eigenvalue weighted by Gasteiger charge is 2.09. The standard InChI is InChI=1S/C18H17Cl2NO4/c1-12-4-2-3-5-16(12)24-11-17(22)21-9-18(23)25-10-13-6-7-14(19)15(20)8-13/h2-8H,9-11H2,1H3,(H,21,22). The monoisotopic (exact) mass is 381 g/mol. The van der Waals surface area contributed by atoms with Crippen molar-refractivity contribution in [3.05, 3.63) is 63.6 Å². The van der Waals surface area contributed by atoms with Gasteiger partial charge in [-0.3, -0.25) is 9.59 Å². The van der Waals surface area contributed by atoms with Gasteiger partial charge in [-0.15, -0.1) is 0 Å². The topological polar surface area (TPSA) is 64.6 Å². The minimum Gasteiger partial charge on any atom is -0.484 e. The first-order valence-electron chi connectivity index (χ1n) is 7.50. The van der Waals surface area contributed by atoms with Crippen molar-refractivity contribution in [1.82, 2.24) is 5.32 Å². The van der Waals surface area contributed by atoms with Crippen molar-refractivity contribution in [1.29, 1.82) is 0 Å². The summed E-state index contributed by atoms with van der Waals surface area (Å²) >= 11 is 11.7. The van der Waals surface area contributed by atoms with Gasteiger partial charge in [0.1, 0.15) is 18.9 Å². The summed E-state index contributed by atoms with van der Waals surface area (Å²) in [5.74, 6) is -0.343. The van der Waals surface area contributed by atoms with Crippen molar-refractivity contribution in [2.24, 2.45) is 0 Å². The van der Waals surface area contributed by atoms with Gasteiger partial charge in [-0.05, 0) is 36.2 Å². The molecule has 2 aromatic carbocycles. The first-order valence-corrected chi connectivity index (χ1v) is 8.26. The normalized spacial score (nSPS) is 10.2. The predicted molar refractivity (Wildman–Crippen MR) is 95.9 cm³/mol. The zero-order valence-electron chi connectivity index (χ0n) is 13.6. The van der Waals surface area contributed by atoms with Crippen LogP contribution in [0.15, 0.2) is 42.5 Å². The van der Waals surface area contributed by atoms with Gasteiger partial charge >= 0.3 is 5.97 Å². The lowest BCUT2D eigenvalue weighted by atomic mass is 10.2. The van der Waals surface area contributed by atoms with Gasteiger partial charge in [0.05, 0.1) is 10.0 Å². The Balaban J connectivity index is 1.69. The Labute approximate surface area is 155 Å². The molecule has 0 spiro atoms. The number of hydrogen-bond acceptors (Lipinski definition) is 4. The molecular weight excluding hydrogens is 365 g/mol. The molecule has 0 saturated carbocycles. The first kappa shape index (κ1) is 19.1. The van der Waals surface area contributed by atoms with E-state index in [0.29, 0.717) is 21.4 Å². The lowest BCUT2D eigenvalue weighted by Crippen LogP contribution is -2.34. The fraction of sp³-hybridized carbons (Fsp3) is 0.222. The zero-order chi connectivity index (χ0) is 18.2. The summed E-state index contributed by atoms with van der Waals surface area (Å²) in [6.07, 6.45) is 0. The molecule has 25 heavy (non-hydrogen) atoms. The summed E-state index contributed by atoms with van der Waals surface area (Å²) < 4.78 is 10.5. The number of rotatable bonds is 7. The summed E-state index contributed by atoms with van der Waals surface area (Å²) in [7, 11) is 0. The molecule has 0 aliphatic rings. The maximum Gasteiger partial charge on any atom is 0.325 e. The highest BCUT2D eigenvalue weighted by Crippen LogP contribution is 2.22. The van der Waals surface area contributed by atoms with Crippen LogP contribution in [0.3, 0.4) is 0 Å². The van der Waals surface area contributed by atoms with Crippen molar-refractivity contribution >= 4 is 35.1 Å². The Morgan fingerprint density at radius 2 is 1.84 bits per heavy atom. The summed E-state index contributed by atoms with van der Waals surface area (Å²) in [4.78, 5) is 23.4. The second-order valence-corrected chi connectivity index (χ2v) is 6.05. The summed E-state index contributed by atoms with van der Waals surface area (Å²) in [6, 6.07) is 12.3. The van der Waals surface area contributed by atoms with E-state index < -0.39 is 11.9 Å². The van der Waals surface area contributed by atoms with Crippen molar-refractivity contribution < 1.29 is 19.1 Å². The largest absolute Gasteiger partial charge is 0.484 e. The number of para-hydroxylation sites is 1. The van der Waals surface area contributed by atoms with Crippen LogP contribution in [0.25, 0.3) is 0 Å². The van der Waals surface area contributed by atoms with Gasteiger partial charge in [0, 0.05) is 0 Å².